The van der Waals surface area contributed by atoms with Gasteiger partial charge in [0, 0.05) is 36.8 Å². The van der Waals surface area contributed by atoms with Gasteiger partial charge in [0.25, 0.3) is 0 Å². The van der Waals surface area contributed by atoms with Crippen molar-refractivity contribution in [3.8, 4) is 0 Å². The molecule has 6 nitrogen and oxygen atoms in total. The number of hydrogen-bond donors (Lipinski definition) is 0. The number of aryl methyl sites for hydroxylation is 1. The number of anilines is 1. The van der Waals surface area contributed by atoms with Gasteiger partial charge in [0.2, 0.25) is 0 Å². The lowest BCUT2D eigenvalue weighted by Crippen LogP contribution is -2.38. The van der Waals surface area contributed by atoms with Crippen molar-refractivity contribution in [1.82, 2.24) is 9.88 Å². The zero-order chi connectivity index (χ0) is 28.1. The third kappa shape index (κ3) is 6.97. The maximum absolute atomic E-state index is 14.7. The van der Waals surface area contributed by atoms with Crippen LogP contribution in [0.3, 0.4) is 0 Å². The number of fused-ring (bicyclic) bond motifs is 1. The molecule has 0 radical (unpaired) electrons. The van der Waals surface area contributed by atoms with Crippen LogP contribution in [0.1, 0.15) is 64.5 Å². The Balaban J connectivity index is 0.00000195. The molecule has 11 heteroatoms. The molecule has 0 spiro atoms. The van der Waals surface area contributed by atoms with E-state index in [1.165, 1.54) is 12.5 Å². The van der Waals surface area contributed by atoms with Crippen LogP contribution in [0.5, 0.6) is 0 Å². The molecular formula is C27H37F4N5OS. The van der Waals surface area contributed by atoms with Crippen LogP contribution in [-0.2, 0) is 6.18 Å². The molecule has 1 aromatic heterocycles. The van der Waals surface area contributed by atoms with Gasteiger partial charge in [-0.2, -0.15) is 18.3 Å². The van der Waals surface area contributed by atoms with Gasteiger partial charge in [-0.15, -0.1) is 16.9 Å². The molecule has 0 N–H and O–H groups in total. The van der Waals surface area contributed by atoms with Crippen molar-refractivity contribution in [3.63, 3.8) is 0 Å². The summed E-state index contributed by atoms with van der Waals surface area (Å²) in [7, 11) is 0. The Hall–Kier alpha value is -2.40. The molecule has 4 rings (SSSR count). The van der Waals surface area contributed by atoms with E-state index in [2.05, 4.69) is 27.0 Å². The summed E-state index contributed by atoms with van der Waals surface area (Å²) in [4.78, 5) is 8.39. The Labute approximate surface area is 226 Å². The van der Waals surface area contributed by atoms with Crippen LogP contribution >= 0.6 is 11.8 Å². The van der Waals surface area contributed by atoms with Crippen LogP contribution in [0.2, 0.25) is 0 Å². The van der Waals surface area contributed by atoms with Crippen LogP contribution in [0.15, 0.2) is 39.2 Å². The predicted molar refractivity (Wildman–Crippen MR) is 147 cm³/mol. The minimum absolute atomic E-state index is 0.00919. The Morgan fingerprint density at radius 1 is 1.24 bits per heavy atom. The van der Waals surface area contributed by atoms with E-state index in [0.717, 1.165) is 55.0 Å². The molecular weight excluding hydrogens is 518 g/mol. The summed E-state index contributed by atoms with van der Waals surface area (Å²) in [6.45, 7) is 15.0. The molecule has 38 heavy (non-hydrogen) atoms. The predicted octanol–water partition coefficient (Wildman–Crippen LogP) is 7.03. The van der Waals surface area contributed by atoms with Crippen molar-refractivity contribution in [2.24, 2.45) is 15.6 Å². The molecule has 1 aromatic carbocycles. The normalized spacial score (nSPS) is 22.5. The Bertz CT molecular complexity index is 1150. The standard InChI is InChI=1S/C25H31F4N5OS.C2H6/c1-16-23(35-15-30-16)17(2)31-32-18(3)36-11-5-9-33-13-22-24(4,14-33)8-10-34(22)21-7-6-19(12-20(21)26)25(27,28)29;1-2/h6-7,12,15,22H,5,8-11,13-14H2,1-4H3;1-2H3/b31-17+,32-18+;/t22-,24+;/m1./s1. The Kier molecular flexibility index (Phi) is 10.0. The highest BCUT2D eigenvalue weighted by Gasteiger charge is 2.50. The molecule has 210 valence electrons. The third-order valence-corrected chi connectivity index (χ3v) is 8.04. The molecule has 3 heterocycles. The number of thioether (sulfide) groups is 1. The summed E-state index contributed by atoms with van der Waals surface area (Å²) in [5, 5.41) is 9.37. The minimum Gasteiger partial charge on any atom is -0.442 e. The zero-order valence-corrected chi connectivity index (χ0v) is 23.7. The van der Waals surface area contributed by atoms with E-state index in [-0.39, 0.29) is 17.1 Å². The average Bonchev–Trinajstić information content (AvgIpc) is 3.53. The number of nitrogens with zero attached hydrogens (tertiary/aromatic N) is 5. The number of rotatable bonds is 7. The lowest BCUT2D eigenvalue weighted by atomic mass is 9.85. The second-order valence-electron chi connectivity index (χ2n) is 9.79. The van der Waals surface area contributed by atoms with Gasteiger partial charge in [0.05, 0.1) is 22.0 Å². The van der Waals surface area contributed by atoms with E-state index >= 15 is 0 Å². The molecule has 2 aromatic rings. The highest BCUT2D eigenvalue weighted by Crippen LogP contribution is 2.45. The number of oxazole rings is 1. The van der Waals surface area contributed by atoms with Crippen molar-refractivity contribution >= 4 is 28.2 Å². The summed E-state index contributed by atoms with van der Waals surface area (Å²) in [6, 6.07) is 2.94. The van der Waals surface area contributed by atoms with E-state index < -0.39 is 17.6 Å². The fourth-order valence-electron chi connectivity index (χ4n) is 5.15. The lowest BCUT2D eigenvalue weighted by molar-refractivity contribution is -0.137. The minimum atomic E-state index is -4.55. The van der Waals surface area contributed by atoms with Crippen LogP contribution in [-0.4, -0.2) is 58.6 Å². The lowest BCUT2D eigenvalue weighted by Gasteiger charge is -2.30. The first-order valence-corrected chi connectivity index (χ1v) is 13.9. The Morgan fingerprint density at radius 2 is 1.97 bits per heavy atom. The summed E-state index contributed by atoms with van der Waals surface area (Å²) in [5.41, 5.74) is 0.753. The number of aromatic nitrogens is 1. The van der Waals surface area contributed by atoms with Gasteiger partial charge >= 0.3 is 6.18 Å². The summed E-state index contributed by atoms with van der Waals surface area (Å²) in [6.07, 6.45) is -1.32. The van der Waals surface area contributed by atoms with E-state index in [1.54, 1.807) is 11.8 Å². The number of hydrogen-bond acceptors (Lipinski definition) is 7. The van der Waals surface area contributed by atoms with Gasteiger partial charge < -0.3 is 14.2 Å². The first-order chi connectivity index (χ1) is 18.0. The van der Waals surface area contributed by atoms with Gasteiger partial charge in [-0.05, 0) is 58.4 Å². The molecule has 2 atom stereocenters. The molecule has 0 amide bonds. The number of benzene rings is 1. The number of halogens is 4. The van der Waals surface area contributed by atoms with E-state index in [9.17, 15) is 17.6 Å². The van der Waals surface area contributed by atoms with Gasteiger partial charge in [-0.3, -0.25) is 0 Å². The summed E-state index contributed by atoms with van der Waals surface area (Å²) in [5.74, 6) is 0.713. The number of likely N-dealkylation sites (tertiary alicyclic amines) is 1. The molecule has 0 aliphatic carbocycles. The quantitative estimate of drug-likeness (QED) is 0.121. The maximum atomic E-state index is 14.7. The second-order valence-corrected chi connectivity index (χ2v) is 11.1. The third-order valence-electron chi connectivity index (χ3n) is 7.05. The highest BCUT2D eigenvalue weighted by atomic mass is 32.2. The van der Waals surface area contributed by atoms with Crippen molar-refractivity contribution in [1.29, 1.82) is 0 Å². The first kappa shape index (κ1) is 30.1. The molecule has 0 bridgehead atoms. The first-order valence-electron chi connectivity index (χ1n) is 13.0. The van der Waals surface area contributed by atoms with E-state index in [0.29, 0.717) is 24.1 Å². The fraction of sp³-hybridized carbons (Fsp3) is 0.593. The van der Waals surface area contributed by atoms with Crippen molar-refractivity contribution in [2.45, 2.75) is 66.6 Å². The van der Waals surface area contributed by atoms with Crippen LogP contribution < -0.4 is 4.90 Å². The van der Waals surface area contributed by atoms with Crippen molar-refractivity contribution in [3.05, 3.63) is 47.4 Å². The van der Waals surface area contributed by atoms with Crippen molar-refractivity contribution in [2.75, 3.05) is 36.8 Å². The monoisotopic (exact) mass is 555 g/mol. The van der Waals surface area contributed by atoms with Crippen LogP contribution in [0, 0.1) is 18.2 Å². The van der Waals surface area contributed by atoms with Gasteiger partial charge in [0.1, 0.15) is 11.5 Å². The van der Waals surface area contributed by atoms with Crippen LogP contribution in [0.4, 0.5) is 23.2 Å². The van der Waals surface area contributed by atoms with Gasteiger partial charge in [-0.1, -0.05) is 20.8 Å². The molecule has 2 aliphatic heterocycles. The van der Waals surface area contributed by atoms with E-state index in [1.807, 2.05) is 39.5 Å². The molecule has 2 aliphatic rings. The summed E-state index contributed by atoms with van der Waals surface area (Å²) < 4.78 is 58.8. The number of alkyl halides is 3. The molecule has 0 saturated carbocycles. The Morgan fingerprint density at radius 3 is 2.61 bits per heavy atom. The zero-order valence-electron chi connectivity index (χ0n) is 22.9. The fourth-order valence-corrected chi connectivity index (χ4v) is 5.82. The smallest absolute Gasteiger partial charge is 0.416 e. The SMILES string of the molecule is C/C(=N\N=C(/C)c1ocnc1C)SCCCN1C[C@H]2N(c3ccc(C(F)(F)F)cc3F)CC[C@@]2(C)C1.CC. The molecule has 2 fully saturated rings. The maximum Gasteiger partial charge on any atom is 0.416 e. The van der Waals surface area contributed by atoms with Gasteiger partial charge in [0.15, 0.2) is 12.2 Å². The average molecular weight is 556 g/mol. The van der Waals surface area contributed by atoms with E-state index in [4.69, 9.17) is 4.42 Å². The van der Waals surface area contributed by atoms with Gasteiger partial charge in [-0.25, -0.2) is 9.37 Å². The molecule has 0 unspecified atom stereocenters. The molecule has 2 saturated heterocycles. The summed E-state index contributed by atoms with van der Waals surface area (Å²) >= 11 is 1.64. The van der Waals surface area contributed by atoms with Crippen LogP contribution in [0.25, 0.3) is 0 Å². The second kappa shape index (κ2) is 12.6. The van der Waals surface area contributed by atoms with Crippen molar-refractivity contribution < 1.29 is 22.0 Å². The largest absolute Gasteiger partial charge is 0.442 e. The topological polar surface area (TPSA) is 57.2 Å². The highest BCUT2D eigenvalue weighted by molar-refractivity contribution is 8.13.